The molecule has 0 bridgehead atoms. The summed E-state index contributed by atoms with van der Waals surface area (Å²) in [4.78, 5) is 11.9. The summed E-state index contributed by atoms with van der Waals surface area (Å²) < 4.78 is 23.0. The number of rotatable bonds is 4. The monoisotopic (exact) mass is 319 g/mol. The number of halogens is 1. The average Bonchev–Trinajstić information content (AvgIpc) is 2.92. The Morgan fingerprint density at radius 2 is 2.05 bits per heavy atom. The van der Waals surface area contributed by atoms with Crippen molar-refractivity contribution in [1.82, 2.24) is 15.5 Å². The fraction of sp³-hybridized carbons (Fsp3) is 0.667. The molecule has 2 rings (SSSR count). The van der Waals surface area contributed by atoms with E-state index in [0.717, 1.165) is 25.7 Å². The molecule has 1 amide bonds. The summed E-state index contributed by atoms with van der Waals surface area (Å²) in [5.41, 5.74) is 0.178. The van der Waals surface area contributed by atoms with Crippen LogP contribution in [-0.4, -0.2) is 31.1 Å². The van der Waals surface area contributed by atoms with Crippen molar-refractivity contribution < 1.29 is 13.2 Å². The fourth-order valence-corrected chi connectivity index (χ4v) is 4.00. The molecule has 0 unspecified atom stereocenters. The van der Waals surface area contributed by atoms with Gasteiger partial charge in [-0.1, -0.05) is 19.8 Å². The van der Waals surface area contributed by atoms with Crippen LogP contribution in [0.2, 0.25) is 0 Å². The molecule has 1 saturated carbocycles. The van der Waals surface area contributed by atoms with Crippen molar-refractivity contribution >= 4 is 25.6 Å². The van der Waals surface area contributed by atoms with E-state index in [9.17, 15) is 13.2 Å². The van der Waals surface area contributed by atoms with Crippen LogP contribution in [0.5, 0.6) is 0 Å². The van der Waals surface area contributed by atoms with Gasteiger partial charge in [-0.25, -0.2) is 8.42 Å². The van der Waals surface area contributed by atoms with Gasteiger partial charge in [0.25, 0.3) is 15.0 Å². The van der Waals surface area contributed by atoms with E-state index in [1.165, 1.54) is 6.92 Å². The molecule has 0 spiro atoms. The van der Waals surface area contributed by atoms with Crippen LogP contribution in [0.4, 0.5) is 0 Å². The Morgan fingerprint density at radius 3 is 2.60 bits per heavy atom. The summed E-state index contributed by atoms with van der Waals surface area (Å²) >= 11 is 0. The van der Waals surface area contributed by atoms with Gasteiger partial charge in [-0.2, -0.15) is 5.10 Å². The molecule has 1 aromatic rings. The van der Waals surface area contributed by atoms with Crippen molar-refractivity contribution in [3.63, 3.8) is 0 Å². The third-order valence-corrected chi connectivity index (χ3v) is 5.29. The highest BCUT2D eigenvalue weighted by molar-refractivity contribution is 8.13. The maximum atomic E-state index is 12.1. The maximum absolute atomic E-state index is 12.1. The fourth-order valence-electron chi connectivity index (χ4n) is 2.65. The normalized spacial score (nSPS) is 18.1. The minimum atomic E-state index is -4.00. The maximum Gasteiger partial charge on any atom is 0.273 e. The number of aromatic nitrogens is 2. The Labute approximate surface area is 122 Å². The van der Waals surface area contributed by atoms with Crippen LogP contribution < -0.4 is 5.32 Å². The molecule has 112 valence electrons. The molecule has 1 aliphatic carbocycles. The summed E-state index contributed by atoms with van der Waals surface area (Å²) in [6.45, 7) is 4.14. The standard InChI is InChI=1S/C12H18ClN3O3S/c1-8-10(20(13,18)19)9(16-15-8)11(17)14-7-12(2)5-3-4-6-12/h3-7H2,1-2H3,(H,14,17)(H,15,16). The van der Waals surface area contributed by atoms with Crippen molar-refractivity contribution in [3.8, 4) is 0 Å². The molecule has 1 aliphatic rings. The Bertz CT molecular complexity index is 618. The molecule has 8 heteroatoms. The first kappa shape index (κ1) is 15.3. The summed E-state index contributed by atoms with van der Waals surface area (Å²) in [5.74, 6) is -0.512. The van der Waals surface area contributed by atoms with Crippen molar-refractivity contribution in [1.29, 1.82) is 0 Å². The molecule has 0 radical (unpaired) electrons. The number of amides is 1. The third kappa shape index (κ3) is 3.15. The van der Waals surface area contributed by atoms with Crippen LogP contribution >= 0.6 is 10.7 Å². The minimum absolute atomic E-state index is 0.0843. The van der Waals surface area contributed by atoms with Gasteiger partial charge in [-0.15, -0.1) is 0 Å². The SMILES string of the molecule is Cc1[nH]nc(C(=O)NCC2(C)CCCC2)c1S(=O)(=O)Cl. The van der Waals surface area contributed by atoms with Crippen LogP contribution in [0.1, 0.15) is 48.8 Å². The van der Waals surface area contributed by atoms with Crippen LogP contribution in [0.15, 0.2) is 4.90 Å². The van der Waals surface area contributed by atoms with Gasteiger partial charge in [0.2, 0.25) is 0 Å². The summed E-state index contributed by atoms with van der Waals surface area (Å²) in [7, 11) is 1.34. The van der Waals surface area contributed by atoms with Gasteiger partial charge >= 0.3 is 0 Å². The molecule has 20 heavy (non-hydrogen) atoms. The molecule has 0 aliphatic heterocycles. The van der Waals surface area contributed by atoms with Crippen LogP contribution in [0.25, 0.3) is 0 Å². The topological polar surface area (TPSA) is 91.9 Å². The third-order valence-electron chi connectivity index (χ3n) is 3.84. The lowest BCUT2D eigenvalue weighted by Crippen LogP contribution is -2.34. The number of nitrogens with zero attached hydrogens (tertiary/aromatic N) is 1. The van der Waals surface area contributed by atoms with Gasteiger partial charge in [0.05, 0.1) is 5.69 Å². The van der Waals surface area contributed by atoms with E-state index in [4.69, 9.17) is 10.7 Å². The molecule has 0 saturated heterocycles. The predicted octanol–water partition coefficient (Wildman–Crippen LogP) is 1.96. The van der Waals surface area contributed by atoms with E-state index in [2.05, 4.69) is 22.4 Å². The molecule has 0 atom stereocenters. The number of nitrogens with one attached hydrogen (secondary N) is 2. The van der Waals surface area contributed by atoms with Gasteiger partial charge in [0.15, 0.2) is 5.69 Å². The van der Waals surface area contributed by atoms with Gasteiger partial charge in [0, 0.05) is 17.2 Å². The van der Waals surface area contributed by atoms with E-state index in [1.807, 2.05) is 0 Å². The second-order valence-corrected chi connectivity index (χ2v) is 8.17. The molecular formula is C12H18ClN3O3S. The lowest BCUT2D eigenvalue weighted by Gasteiger charge is -2.23. The molecular weight excluding hydrogens is 302 g/mol. The number of hydrogen-bond donors (Lipinski definition) is 2. The van der Waals surface area contributed by atoms with Crippen LogP contribution in [-0.2, 0) is 9.05 Å². The van der Waals surface area contributed by atoms with E-state index < -0.39 is 15.0 Å². The molecule has 1 fully saturated rings. The van der Waals surface area contributed by atoms with Crippen LogP contribution in [0.3, 0.4) is 0 Å². The van der Waals surface area contributed by atoms with Crippen LogP contribution in [0, 0.1) is 12.3 Å². The highest BCUT2D eigenvalue weighted by Crippen LogP contribution is 2.36. The molecule has 1 aromatic heterocycles. The van der Waals surface area contributed by atoms with Gasteiger partial charge in [-0.3, -0.25) is 9.89 Å². The largest absolute Gasteiger partial charge is 0.350 e. The number of aryl methyl sites for hydroxylation is 1. The number of aromatic amines is 1. The van der Waals surface area contributed by atoms with Gasteiger partial charge in [-0.05, 0) is 25.2 Å². The Hall–Kier alpha value is -1.08. The Kier molecular flexibility index (Phi) is 4.11. The zero-order valence-corrected chi connectivity index (χ0v) is 13.1. The molecule has 1 heterocycles. The number of carbonyl (C=O) groups is 1. The minimum Gasteiger partial charge on any atom is -0.350 e. The quantitative estimate of drug-likeness (QED) is 0.830. The zero-order valence-electron chi connectivity index (χ0n) is 11.5. The molecule has 2 N–H and O–H groups in total. The van der Waals surface area contributed by atoms with Crippen molar-refractivity contribution in [2.45, 2.75) is 44.4 Å². The summed E-state index contributed by atoms with van der Waals surface area (Å²) in [5, 5.41) is 9.00. The number of carbonyl (C=O) groups excluding carboxylic acids is 1. The van der Waals surface area contributed by atoms with Gasteiger partial charge in [0.1, 0.15) is 4.90 Å². The smallest absolute Gasteiger partial charge is 0.273 e. The van der Waals surface area contributed by atoms with E-state index in [0.29, 0.717) is 6.54 Å². The second-order valence-electron chi connectivity index (χ2n) is 5.66. The summed E-state index contributed by atoms with van der Waals surface area (Å²) in [6, 6.07) is 0. The van der Waals surface area contributed by atoms with Crippen molar-refractivity contribution in [2.24, 2.45) is 5.41 Å². The van der Waals surface area contributed by atoms with E-state index in [1.54, 1.807) is 0 Å². The first-order valence-electron chi connectivity index (χ1n) is 6.51. The summed E-state index contributed by atoms with van der Waals surface area (Å²) in [6.07, 6.45) is 4.45. The number of H-pyrrole nitrogens is 1. The Balaban J connectivity index is 2.14. The zero-order chi connectivity index (χ0) is 15.0. The van der Waals surface area contributed by atoms with Crippen molar-refractivity contribution in [2.75, 3.05) is 6.54 Å². The lowest BCUT2D eigenvalue weighted by molar-refractivity contribution is 0.0926. The predicted molar refractivity (Wildman–Crippen MR) is 75.3 cm³/mol. The van der Waals surface area contributed by atoms with E-state index >= 15 is 0 Å². The molecule has 6 nitrogen and oxygen atoms in total. The first-order chi connectivity index (χ1) is 9.23. The highest BCUT2D eigenvalue weighted by Gasteiger charge is 2.31. The first-order valence-corrected chi connectivity index (χ1v) is 8.82. The number of hydrogen-bond acceptors (Lipinski definition) is 4. The lowest BCUT2D eigenvalue weighted by atomic mass is 9.89. The molecule has 0 aromatic carbocycles. The second kappa shape index (κ2) is 5.37. The van der Waals surface area contributed by atoms with Gasteiger partial charge < -0.3 is 5.32 Å². The van der Waals surface area contributed by atoms with Crippen molar-refractivity contribution in [3.05, 3.63) is 11.4 Å². The Morgan fingerprint density at radius 1 is 1.45 bits per heavy atom. The van der Waals surface area contributed by atoms with E-state index in [-0.39, 0.29) is 21.7 Å². The highest BCUT2D eigenvalue weighted by atomic mass is 35.7. The average molecular weight is 320 g/mol.